The van der Waals surface area contributed by atoms with Crippen LogP contribution < -0.4 is 0 Å². The van der Waals surface area contributed by atoms with E-state index in [-0.39, 0.29) is 0 Å². The molecule has 0 aromatic heterocycles. The molecule has 0 atom stereocenters. The summed E-state index contributed by atoms with van der Waals surface area (Å²) in [6.45, 7) is 5.87. The summed E-state index contributed by atoms with van der Waals surface area (Å²) in [5.41, 5.74) is 3.53. The third kappa shape index (κ3) is 2.70. The molecular weight excluding hydrogens is 170 g/mol. The Labute approximate surface area is 85.5 Å². The third-order valence-corrected chi connectivity index (χ3v) is 1.97. The number of rotatable bonds is 3. The highest BCUT2D eigenvalue weighted by molar-refractivity contribution is 5.88. The topological polar surface area (TPSA) is 12.4 Å². The molecule has 0 spiro atoms. The standard InChI is InChI=1S/C13H15N/c1-4-12(8-9-14-3)13-7-5-6-11(2)10-13/h4-10H,1H2,2-3H3/b12-8+,14-9-. The fourth-order valence-electron chi connectivity index (χ4n) is 1.26. The average Bonchev–Trinajstić information content (AvgIpc) is 2.19. The van der Waals surface area contributed by atoms with E-state index in [2.05, 4.69) is 36.7 Å². The van der Waals surface area contributed by atoms with Crippen molar-refractivity contribution >= 4 is 11.8 Å². The molecule has 0 bridgehead atoms. The molecule has 1 aromatic carbocycles. The van der Waals surface area contributed by atoms with Crippen molar-refractivity contribution in [3.8, 4) is 0 Å². The molecule has 14 heavy (non-hydrogen) atoms. The molecule has 0 N–H and O–H groups in total. The fraction of sp³-hybridized carbons (Fsp3) is 0.154. The average molecular weight is 185 g/mol. The Morgan fingerprint density at radius 3 is 2.79 bits per heavy atom. The maximum Gasteiger partial charge on any atom is 0.0277 e. The lowest BCUT2D eigenvalue weighted by Gasteiger charge is -2.01. The number of aryl methyl sites for hydroxylation is 1. The Morgan fingerprint density at radius 2 is 2.21 bits per heavy atom. The summed E-state index contributed by atoms with van der Waals surface area (Å²) in [5, 5.41) is 0. The van der Waals surface area contributed by atoms with Crippen LogP contribution in [0.4, 0.5) is 0 Å². The monoisotopic (exact) mass is 185 g/mol. The van der Waals surface area contributed by atoms with E-state index in [1.807, 2.05) is 18.2 Å². The van der Waals surface area contributed by atoms with Gasteiger partial charge in [0.15, 0.2) is 0 Å². The second-order valence-electron chi connectivity index (χ2n) is 3.10. The number of aliphatic imine (C=N–C) groups is 1. The zero-order valence-electron chi connectivity index (χ0n) is 8.70. The number of allylic oxidation sites excluding steroid dienone is 3. The van der Waals surface area contributed by atoms with Crippen molar-refractivity contribution in [2.24, 2.45) is 4.99 Å². The van der Waals surface area contributed by atoms with Crippen LogP contribution >= 0.6 is 0 Å². The molecule has 0 saturated carbocycles. The minimum Gasteiger partial charge on any atom is -0.296 e. The Balaban J connectivity index is 3.06. The van der Waals surface area contributed by atoms with Gasteiger partial charge in [-0.1, -0.05) is 42.5 Å². The van der Waals surface area contributed by atoms with Gasteiger partial charge < -0.3 is 0 Å². The molecule has 0 fully saturated rings. The van der Waals surface area contributed by atoms with E-state index in [1.54, 1.807) is 13.3 Å². The molecule has 0 saturated heterocycles. The van der Waals surface area contributed by atoms with Gasteiger partial charge in [-0.05, 0) is 24.1 Å². The zero-order chi connectivity index (χ0) is 10.4. The molecule has 0 aliphatic carbocycles. The first-order valence-electron chi connectivity index (χ1n) is 4.60. The first-order valence-corrected chi connectivity index (χ1v) is 4.60. The second kappa shape index (κ2) is 5.18. The summed E-state index contributed by atoms with van der Waals surface area (Å²) in [6.07, 6.45) is 5.58. The quantitative estimate of drug-likeness (QED) is 0.506. The summed E-state index contributed by atoms with van der Waals surface area (Å²) in [6, 6.07) is 8.34. The summed E-state index contributed by atoms with van der Waals surface area (Å²) in [5.74, 6) is 0. The SMILES string of the molecule is C=C/C(=C\C=N/C)c1cccc(C)c1. The molecule has 0 aliphatic heterocycles. The molecule has 0 aliphatic rings. The van der Waals surface area contributed by atoms with Crippen LogP contribution in [0, 0.1) is 6.92 Å². The number of nitrogens with zero attached hydrogens (tertiary/aromatic N) is 1. The van der Waals surface area contributed by atoms with E-state index in [4.69, 9.17) is 0 Å². The molecule has 0 unspecified atom stereocenters. The van der Waals surface area contributed by atoms with Crippen LogP contribution in [-0.2, 0) is 0 Å². The first kappa shape index (κ1) is 10.5. The van der Waals surface area contributed by atoms with Gasteiger partial charge in [-0.3, -0.25) is 4.99 Å². The van der Waals surface area contributed by atoms with Crippen LogP contribution in [0.2, 0.25) is 0 Å². The van der Waals surface area contributed by atoms with Gasteiger partial charge >= 0.3 is 0 Å². The highest BCUT2D eigenvalue weighted by atomic mass is 14.6. The zero-order valence-corrected chi connectivity index (χ0v) is 8.70. The fourth-order valence-corrected chi connectivity index (χ4v) is 1.26. The van der Waals surface area contributed by atoms with Gasteiger partial charge in [0.2, 0.25) is 0 Å². The van der Waals surface area contributed by atoms with Gasteiger partial charge in [0.05, 0.1) is 0 Å². The lowest BCUT2D eigenvalue weighted by Crippen LogP contribution is -1.82. The number of hydrogen-bond donors (Lipinski definition) is 0. The number of hydrogen-bond acceptors (Lipinski definition) is 1. The van der Waals surface area contributed by atoms with Gasteiger partial charge in [0.1, 0.15) is 0 Å². The molecule has 1 nitrogen and oxygen atoms in total. The predicted octanol–water partition coefficient (Wildman–Crippen LogP) is 3.27. The van der Waals surface area contributed by atoms with Crippen LogP contribution in [0.1, 0.15) is 11.1 Å². The van der Waals surface area contributed by atoms with Gasteiger partial charge in [-0.2, -0.15) is 0 Å². The van der Waals surface area contributed by atoms with Crippen molar-refractivity contribution in [1.82, 2.24) is 0 Å². The van der Waals surface area contributed by atoms with E-state index in [0.29, 0.717) is 0 Å². The van der Waals surface area contributed by atoms with Gasteiger partial charge in [-0.25, -0.2) is 0 Å². The van der Waals surface area contributed by atoms with Crippen molar-refractivity contribution in [2.45, 2.75) is 6.92 Å². The molecule has 1 rings (SSSR count). The molecule has 72 valence electrons. The molecule has 0 amide bonds. The molecular formula is C13H15N. The van der Waals surface area contributed by atoms with Crippen molar-refractivity contribution in [2.75, 3.05) is 7.05 Å². The Hall–Kier alpha value is -1.63. The smallest absolute Gasteiger partial charge is 0.0277 e. The van der Waals surface area contributed by atoms with Crippen molar-refractivity contribution in [3.63, 3.8) is 0 Å². The first-order chi connectivity index (χ1) is 6.77. The molecule has 0 radical (unpaired) electrons. The van der Waals surface area contributed by atoms with Gasteiger partial charge in [-0.15, -0.1) is 0 Å². The Kier molecular flexibility index (Phi) is 3.86. The van der Waals surface area contributed by atoms with Gasteiger partial charge in [0.25, 0.3) is 0 Å². The summed E-state index contributed by atoms with van der Waals surface area (Å²) < 4.78 is 0. The van der Waals surface area contributed by atoms with E-state index in [9.17, 15) is 0 Å². The highest BCUT2D eigenvalue weighted by Gasteiger charge is 1.95. The Bertz CT molecular complexity index is 373. The summed E-state index contributed by atoms with van der Waals surface area (Å²) in [4.78, 5) is 3.92. The lowest BCUT2D eigenvalue weighted by molar-refractivity contribution is 1.45. The largest absolute Gasteiger partial charge is 0.296 e. The molecule has 1 heteroatoms. The van der Waals surface area contributed by atoms with Crippen LogP contribution in [0.15, 0.2) is 48.0 Å². The van der Waals surface area contributed by atoms with Crippen molar-refractivity contribution in [1.29, 1.82) is 0 Å². The molecule has 0 heterocycles. The third-order valence-electron chi connectivity index (χ3n) is 1.97. The maximum absolute atomic E-state index is 3.92. The van der Waals surface area contributed by atoms with Crippen LogP contribution in [0.5, 0.6) is 0 Å². The normalized spacial score (nSPS) is 12.0. The van der Waals surface area contributed by atoms with Gasteiger partial charge in [0, 0.05) is 13.3 Å². The van der Waals surface area contributed by atoms with E-state index < -0.39 is 0 Å². The minimum atomic E-state index is 1.10. The Morgan fingerprint density at radius 1 is 1.43 bits per heavy atom. The van der Waals surface area contributed by atoms with E-state index in [0.717, 1.165) is 5.57 Å². The number of benzene rings is 1. The second-order valence-corrected chi connectivity index (χ2v) is 3.10. The van der Waals surface area contributed by atoms with E-state index >= 15 is 0 Å². The molecule has 1 aromatic rings. The van der Waals surface area contributed by atoms with Crippen LogP contribution in [0.25, 0.3) is 5.57 Å². The predicted molar refractivity (Wildman–Crippen MR) is 63.8 cm³/mol. The highest BCUT2D eigenvalue weighted by Crippen LogP contribution is 2.15. The van der Waals surface area contributed by atoms with Crippen LogP contribution in [-0.4, -0.2) is 13.3 Å². The van der Waals surface area contributed by atoms with Crippen LogP contribution in [0.3, 0.4) is 0 Å². The van der Waals surface area contributed by atoms with Crippen molar-refractivity contribution < 1.29 is 0 Å². The maximum atomic E-state index is 3.92. The minimum absolute atomic E-state index is 1.10. The summed E-state index contributed by atoms with van der Waals surface area (Å²) in [7, 11) is 1.76. The van der Waals surface area contributed by atoms with Crippen molar-refractivity contribution in [3.05, 3.63) is 54.1 Å². The summed E-state index contributed by atoms with van der Waals surface area (Å²) >= 11 is 0. The van der Waals surface area contributed by atoms with E-state index in [1.165, 1.54) is 11.1 Å². The lowest BCUT2D eigenvalue weighted by atomic mass is 10.0.